The number of esters is 2. The maximum absolute atomic E-state index is 11.4. The second-order valence-corrected chi connectivity index (χ2v) is 6.25. The van der Waals surface area contributed by atoms with Crippen LogP contribution in [0.5, 0.6) is 0 Å². The lowest BCUT2D eigenvalue weighted by molar-refractivity contribution is -0.141. The molecule has 0 saturated carbocycles. The highest BCUT2D eigenvalue weighted by atomic mass is 16.5. The maximum Gasteiger partial charge on any atom is 0.333 e. The average molecular weight is 378 g/mol. The van der Waals surface area contributed by atoms with Gasteiger partial charge in [-0.1, -0.05) is 37.4 Å². The Morgan fingerprint density at radius 3 is 1.32 bits per heavy atom. The first kappa shape index (κ1) is 20.8. The highest BCUT2D eigenvalue weighted by Crippen LogP contribution is 2.20. The van der Waals surface area contributed by atoms with Crippen molar-refractivity contribution in [1.82, 2.24) is 0 Å². The van der Waals surface area contributed by atoms with Crippen molar-refractivity contribution < 1.29 is 19.1 Å². The van der Waals surface area contributed by atoms with Crippen LogP contribution in [0, 0.1) is 0 Å². The summed E-state index contributed by atoms with van der Waals surface area (Å²) in [6.07, 6.45) is 0. The van der Waals surface area contributed by atoms with Gasteiger partial charge in [0, 0.05) is 11.1 Å². The number of benzene rings is 2. The van der Waals surface area contributed by atoms with Gasteiger partial charge in [0.1, 0.15) is 13.2 Å². The zero-order valence-corrected chi connectivity index (χ0v) is 16.0. The standard InChI is InChI=1S/C22H22N2O4/c1-15(2)21(25)27-13-17-5-9-19(10-6-17)23-24-20-11-7-18(8-12-20)14-28-22(26)16(3)4/h5-12H,1,3,13-14H2,2,4H3. The minimum absolute atomic E-state index is 0.181. The van der Waals surface area contributed by atoms with E-state index in [2.05, 4.69) is 23.4 Å². The molecule has 0 amide bonds. The van der Waals surface area contributed by atoms with Crippen molar-refractivity contribution in [3.63, 3.8) is 0 Å². The van der Waals surface area contributed by atoms with Gasteiger partial charge in [-0.15, -0.1) is 0 Å². The highest BCUT2D eigenvalue weighted by molar-refractivity contribution is 5.87. The molecule has 0 aromatic heterocycles. The first-order chi connectivity index (χ1) is 13.3. The van der Waals surface area contributed by atoms with Gasteiger partial charge in [-0.3, -0.25) is 0 Å². The average Bonchev–Trinajstić information content (AvgIpc) is 2.69. The van der Waals surface area contributed by atoms with E-state index in [1.165, 1.54) is 0 Å². The Morgan fingerprint density at radius 1 is 0.714 bits per heavy atom. The van der Waals surface area contributed by atoms with Crippen molar-refractivity contribution in [3.8, 4) is 0 Å². The molecule has 6 nitrogen and oxygen atoms in total. The van der Waals surface area contributed by atoms with Crippen LogP contribution in [-0.4, -0.2) is 11.9 Å². The molecule has 0 heterocycles. The largest absolute Gasteiger partial charge is 0.457 e. The second kappa shape index (κ2) is 9.97. The van der Waals surface area contributed by atoms with E-state index in [9.17, 15) is 9.59 Å². The number of ether oxygens (including phenoxy) is 2. The fourth-order valence-electron chi connectivity index (χ4n) is 1.98. The quantitative estimate of drug-likeness (QED) is 0.353. The molecule has 0 bridgehead atoms. The van der Waals surface area contributed by atoms with Gasteiger partial charge in [0.15, 0.2) is 0 Å². The molecule has 0 fully saturated rings. The molecule has 0 saturated heterocycles. The predicted octanol–water partition coefficient (Wildman–Crippen LogP) is 5.34. The number of rotatable bonds is 8. The first-order valence-corrected chi connectivity index (χ1v) is 8.60. The van der Waals surface area contributed by atoms with Crippen LogP contribution in [0.3, 0.4) is 0 Å². The molecule has 0 N–H and O–H groups in total. The zero-order chi connectivity index (χ0) is 20.5. The van der Waals surface area contributed by atoms with Gasteiger partial charge < -0.3 is 9.47 Å². The van der Waals surface area contributed by atoms with E-state index in [0.29, 0.717) is 22.5 Å². The smallest absolute Gasteiger partial charge is 0.333 e. The van der Waals surface area contributed by atoms with E-state index in [0.717, 1.165) is 11.1 Å². The van der Waals surface area contributed by atoms with Crippen molar-refractivity contribution in [2.45, 2.75) is 27.1 Å². The summed E-state index contributed by atoms with van der Waals surface area (Å²) in [6.45, 7) is 10.6. The van der Waals surface area contributed by atoms with Crippen molar-refractivity contribution >= 4 is 23.3 Å². The minimum atomic E-state index is -0.415. The molecular weight excluding hydrogens is 356 g/mol. The summed E-state index contributed by atoms with van der Waals surface area (Å²) in [5, 5.41) is 8.35. The van der Waals surface area contributed by atoms with E-state index in [1.54, 1.807) is 38.1 Å². The fraction of sp³-hybridized carbons (Fsp3) is 0.182. The molecule has 144 valence electrons. The summed E-state index contributed by atoms with van der Waals surface area (Å²) < 4.78 is 10.2. The minimum Gasteiger partial charge on any atom is -0.457 e. The van der Waals surface area contributed by atoms with Crippen molar-refractivity contribution in [1.29, 1.82) is 0 Å². The monoisotopic (exact) mass is 378 g/mol. The molecule has 0 aliphatic carbocycles. The molecule has 0 aliphatic rings. The van der Waals surface area contributed by atoms with Crippen LogP contribution in [0.4, 0.5) is 11.4 Å². The number of hydrogen-bond acceptors (Lipinski definition) is 6. The molecule has 0 unspecified atom stereocenters. The van der Waals surface area contributed by atoms with Crippen LogP contribution in [0.1, 0.15) is 25.0 Å². The molecule has 2 rings (SSSR count). The fourth-order valence-corrected chi connectivity index (χ4v) is 1.98. The molecular formula is C22H22N2O4. The Morgan fingerprint density at radius 2 is 1.04 bits per heavy atom. The van der Waals surface area contributed by atoms with Gasteiger partial charge >= 0.3 is 11.9 Å². The van der Waals surface area contributed by atoms with Gasteiger partial charge in [-0.2, -0.15) is 10.2 Å². The Bertz CT molecular complexity index is 822. The van der Waals surface area contributed by atoms with E-state index in [1.807, 2.05) is 24.3 Å². The van der Waals surface area contributed by atoms with Crippen LogP contribution < -0.4 is 0 Å². The van der Waals surface area contributed by atoms with Gasteiger partial charge in [0.25, 0.3) is 0 Å². The van der Waals surface area contributed by atoms with Crippen LogP contribution >= 0.6 is 0 Å². The number of carbonyl (C=O) groups is 2. The van der Waals surface area contributed by atoms with Crippen molar-refractivity contribution in [2.24, 2.45) is 10.2 Å². The summed E-state index contributed by atoms with van der Waals surface area (Å²) >= 11 is 0. The van der Waals surface area contributed by atoms with Gasteiger partial charge in [0.05, 0.1) is 11.4 Å². The van der Waals surface area contributed by atoms with E-state index >= 15 is 0 Å². The Hall–Kier alpha value is -3.54. The summed E-state index contributed by atoms with van der Waals surface area (Å²) in [5.74, 6) is -0.830. The highest BCUT2D eigenvalue weighted by Gasteiger charge is 2.04. The zero-order valence-electron chi connectivity index (χ0n) is 16.0. The molecule has 0 atom stereocenters. The predicted molar refractivity (Wildman–Crippen MR) is 106 cm³/mol. The third kappa shape index (κ3) is 6.64. The summed E-state index contributed by atoms with van der Waals surface area (Å²) in [4.78, 5) is 22.8. The maximum atomic E-state index is 11.4. The molecule has 28 heavy (non-hydrogen) atoms. The lowest BCUT2D eigenvalue weighted by atomic mass is 10.2. The molecule has 2 aromatic carbocycles. The topological polar surface area (TPSA) is 77.3 Å². The summed E-state index contributed by atoms with van der Waals surface area (Å²) in [6, 6.07) is 14.4. The number of carbonyl (C=O) groups excluding carboxylic acids is 2. The third-order valence-corrected chi connectivity index (χ3v) is 3.59. The second-order valence-electron chi connectivity index (χ2n) is 6.25. The lowest BCUT2D eigenvalue weighted by Crippen LogP contribution is -2.04. The number of hydrogen-bond donors (Lipinski definition) is 0. The Kier molecular flexibility index (Phi) is 7.39. The summed E-state index contributed by atoms with van der Waals surface area (Å²) in [7, 11) is 0. The normalized spacial score (nSPS) is 10.5. The Labute approximate surface area is 164 Å². The number of nitrogens with zero attached hydrogens (tertiary/aromatic N) is 2. The lowest BCUT2D eigenvalue weighted by Gasteiger charge is -2.05. The van der Waals surface area contributed by atoms with Crippen LogP contribution in [0.15, 0.2) is 83.1 Å². The van der Waals surface area contributed by atoms with Crippen molar-refractivity contribution in [2.75, 3.05) is 0 Å². The van der Waals surface area contributed by atoms with Crippen LogP contribution in [0.25, 0.3) is 0 Å². The van der Waals surface area contributed by atoms with Crippen LogP contribution in [-0.2, 0) is 32.3 Å². The van der Waals surface area contributed by atoms with Gasteiger partial charge in [-0.25, -0.2) is 9.59 Å². The number of azo groups is 1. The molecule has 6 heteroatoms. The van der Waals surface area contributed by atoms with Crippen LogP contribution in [0.2, 0.25) is 0 Å². The first-order valence-electron chi connectivity index (χ1n) is 8.60. The van der Waals surface area contributed by atoms with Gasteiger partial charge in [-0.05, 0) is 49.2 Å². The van der Waals surface area contributed by atoms with E-state index in [-0.39, 0.29) is 13.2 Å². The summed E-state index contributed by atoms with van der Waals surface area (Å²) in [5.41, 5.74) is 3.78. The Balaban J connectivity index is 1.89. The molecule has 2 aromatic rings. The van der Waals surface area contributed by atoms with E-state index < -0.39 is 11.9 Å². The van der Waals surface area contributed by atoms with Crippen molar-refractivity contribution in [3.05, 3.63) is 84.0 Å². The SMILES string of the molecule is C=C(C)C(=O)OCc1ccc(N=Nc2ccc(COC(=O)C(=C)C)cc2)cc1. The molecule has 0 aliphatic heterocycles. The molecule has 0 spiro atoms. The third-order valence-electron chi connectivity index (χ3n) is 3.59. The van der Waals surface area contributed by atoms with Gasteiger partial charge in [0.2, 0.25) is 0 Å². The van der Waals surface area contributed by atoms with E-state index in [4.69, 9.17) is 9.47 Å². The molecule has 0 radical (unpaired) electrons.